The lowest BCUT2D eigenvalue weighted by molar-refractivity contribution is -0.137. The van der Waals surface area contributed by atoms with Crippen LogP contribution in [-0.4, -0.2) is 25.7 Å². The highest BCUT2D eigenvalue weighted by molar-refractivity contribution is 6.06. The average Bonchev–Trinajstić information content (AvgIpc) is 3.53. The summed E-state index contributed by atoms with van der Waals surface area (Å²) in [7, 11) is 0. The lowest BCUT2D eigenvalue weighted by Gasteiger charge is -2.11. The minimum Gasteiger partial charge on any atom is -0.467 e. The molecule has 0 saturated carbocycles. The average molecular weight is 477 g/mol. The van der Waals surface area contributed by atoms with Crippen LogP contribution >= 0.6 is 0 Å². The zero-order chi connectivity index (χ0) is 24.4. The molecular weight excluding hydrogens is 459 g/mol. The predicted molar refractivity (Wildman–Crippen MR) is 121 cm³/mol. The molecule has 0 aliphatic heterocycles. The van der Waals surface area contributed by atoms with E-state index in [0.29, 0.717) is 45.7 Å². The molecule has 0 unspecified atom stereocenters. The van der Waals surface area contributed by atoms with Crippen molar-refractivity contribution in [3.8, 4) is 11.3 Å². The second kappa shape index (κ2) is 9.05. The molecule has 35 heavy (non-hydrogen) atoms. The Morgan fingerprint density at radius 3 is 2.69 bits per heavy atom. The van der Waals surface area contributed by atoms with Crippen LogP contribution in [0.3, 0.4) is 0 Å². The van der Waals surface area contributed by atoms with Crippen LogP contribution in [0, 0.1) is 0 Å². The molecular formula is C25H18F3N5O2. The van der Waals surface area contributed by atoms with E-state index in [2.05, 4.69) is 15.4 Å². The van der Waals surface area contributed by atoms with Gasteiger partial charge in [-0.15, -0.1) is 0 Å². The lowest BCUT2D eigenvalue weighted by atomic mass is 10.1. The van der Waals surface area contributed by atoms with Crippen molar-refractivity contribution < 1.29 is 22.4 Å². The third-order valence-electron chi connectivity index (χ3n) is 5.40. The molecule has 1 N–H and O–H groups in total. The van der Waals surface area contributed by atoms with Crippen LogP contribution in [0.2, 0.25) is 0 Å². The fraction of sp³-hybridized carbons (Fsp3) is 0.120. The minimum atomic E-state index is -4.46. The first kappa shape index (κ1) is 22.3. The normalized spacial score (nSPS) is 11.6. The molecule has 0 spiro atoms. The molecule has 0 saturated heterocycles. The molecule has 0 aliphatic carbocycles. The molecule has 0 radical (unpaired) electrons. The number of carbonyl (C=O) groups excluding carboxylic acids is 1. The molecule has 5 rings (SSSR count). The van der Waals surface area contributed by atoms with Crippen LogP contribution in [0.4, 0.5) is 13.2 Å². The number of halogens is 3. The van der Waals surface area contributed by atoms with Gasteiger partial charge in [0, 0.05) is 24.5 Å². The first-order chi connectivity index (χ1) is 16.9. The predicted octanol–water partition coefficient (Wildman–Crippen LogP) is 5.08. The van der Waals surface area contributed by atoms with E-state index in [0.717, 1.165) is 12.1 Å². The van der Waals surface area contributed by atoms with Gasteiger partial charge in [-0.1, -0.05) is 12.1 Å². The molecule has 0 bridgehead atoms. The van der Waals surface area contributed by atoms with E-state index >= 15 is 0 Å². The van der Waals surface area contributed by atoms with Crippen LogP contribution in [0.5, 0.6) is 0 Å². The molecule has 0 fully saturated rings. The number of benzene rings is 1. The smallest absolute Gasteiger partial charge is 0.416 e. The van der Waals surface area contributed by atoms with Gasteiger partial charge in [0.2, 0.25) is 0 Å². The Hall–Kier alpha value is -4.47. The quantitative estimate of drug-likeness (QED) is 0.369. The second-order valence-electron chi connectivity index (χ2n) is 7.80. The Morgan fingerprint density at radius 2 is 1.94 bits per heavy atom. The Labute approximate surface area is 197 Å². The van der Waals surface area contributed by atoms with Gasteiger partial charge in [-0.25, -0.2) is 9.67 Å². The van der Waals surface area contributed by atoms with Crippen LogP contribution in [0.1, 0.15) is 27.2 Å². The third kappa shape index (κ3) is 4.77. The summed E-state index contributed by atoms with van der Waals surface area (Å²) < 4.78 is 46.1. The number of alkyl halides is 3. The van der Waals surface area contributed by atoms with Crippen molar-refractivity contribution in [3.63, 3.8) is 0 Å². The molecule has 0 aliphatic rings. The van der Waals surface area contributed by atoms with Gasteiger partial charge in [0.15, 0.2) is 5.65 Å². The summed E-state index contributed by atoms with van der Waals surface area (Å²) in [6.07, 6.45) is 1.90. The van der Waals surface area contributed by atoms with Crippen LogP contribution in [0.15, 0.2) is 83.9 Å². The van der Waals surface area contributed by atoms with Crippen molar-refractivity contribution in [2.75, 3.05) is 0 Å². The number of nitrogens with one attached hydrogen (secondary N) is 1. The fourth-order valence-electron chi connectivity index (χ4n) is 3.70. The monoisotopic (exact) mass is 477 g/mol. The van der Waals surface area contributed by atoms with E-state index in [1.165, 1.54) is 18.3 Å². The summed E-state index contributed by atoms with van der Waals surface area (Å²) in [4.78, 5) is 22.0. The van der Waals surface area contributed by atoms with Gasteiger partial charge in [0.05, 0.1) is 34.7 Å². The van der Waals surface area contributed by atoms with Gasteiger partial charge in [0.1, 0.15) is 12.3 Å². The van der Waals surface area contributed by atoms with E-state index in [1.807, 2.05) is 6.07 Å². The minimum absolute atomic E-state index is 0.0741. The van der Waals surface area contributed by atoms with Gasteiger partial charge >= 0.3 is 6.18 Å². The van der Waals surface area contributed by atoms with E-state index in [9.17, 15) is 18.0 Å². The van der Waals surface area contributed by atoms with E-state index < -0.39 is 17.6 Å². The SMILES string of the molecule is O=C(NCc1cccc(C(F)(F)F)c1)c1cc(-c2cccnc2)nc2c1cnn2Cc1ccco1. The van der Waals surface area contributed by atoms with E-state index in [4.69, 9.17) is 9.40 Å². The lowest BCUT2D eigenvalue weighted by Crippen LogP contribution is -2.23. The number of carbonyl (C=O) groups is 1. The molecule has 0 atom stereocenters. The van der Waals surface area contributed by atoms with Gasteiger partial charge in [-0.3, -0.25) is 9.78 Å². The zero-order valence-electron chi connectivity index (χ0n) is 18.2. The molecule has 1 aromatic carbocycles. The molecule has 4 heterocycles. The number of aromatic nitrogens is 4. The molecule has 7 nitrogen and oxygen atoms in total. The summed E-state index contributed by atoms with van der Waals surface area (Å²) in [5, 5.41) is 7.60. The number of pyridine rings is 2. The number of furan rings is 1. The molecule has 4 aromatic heterocycles. The van der Waals surface area contributed by atoms with E-state index in [1.54, 1.807) is 47.6 Å². The first-order valence-electron chi connectivity index (χ1n) is 10.6. The number of amides is 1. The molecule has 176 valence electrons. The topological polar surface area (TPSA) is 85.8 Å². The van der Waals surface area contributed by atoms with E-state index in [-0.39, 0.29) is 6.54 Å². The Kier molecular flexibility index (Phi) is 5.77. The first-order valence-corrected chi connectivity index (χ1v) is 10.6. The number of rotatable bonds is 6. The van der Waals surface area contributed by atoms with Gasteiger partial charge in [-0.05, 0) is 48.0 Å². The highest BCUT2D eigenvalue weighted by Gasteiger charge is 2.30. The van der Waals surface area contributed by atoms with Gasteiger partial charge in [-0.2, -0.15) is 18.3 Å². The zero-order valence-corrected chi connectivity index (χ0v) is 18.2. The highest BCUT2D eigenvalue weighted by Crippen LogP contribution is 2.30. The standard InChI is InChI=1S/C25H18F3N5O2/c26-25(27,28)18-6-1-4-16(10-18)12-30-24(34)20-11-22(17-5-2-8-29-13-17)32-23-21(20)14-31-33(23)15-19-7-3-9-35-19/h1-11,13-14H,12,15H2,(H,30,34). The fourth-order valence-corrected chi connectivity index (χ4v) is 3.70. The van der Waals surface area contributed by atoms with Gasteiger partial charge in [0.25, 0.3) is 5.91 Å². The van der Waals surface area contributed by atoms with Gasteiger partial charge < -0.3 is 9.73 Å². The van der Waals surface area contributed by atoms with Crippen molar-refractivity contribution in [2.45, 2.75) is 19.3 Å². The maximum Gasteiger partial charge on any atom is 0.416 e. The maximum atomic E-state index is 13.2. The van der Waals surface area contributed by atoms with Crippen LogP contribution in [-0.2, 0) is 19.3 Å². The van der Waals surface area contributed by atoms with Crippen molar-refractivity contribution >= 4 is 16.9 Å². The van der Waals surface area contributed by atoms with Crippen molar-refractivity contribution in [1.29, 1.82) is 0 Å². The summed E-state index contributed by atoms with van der Waals surface area (Å²) >= 11 is 0. The third-order valence-corrected chi connectivity index (χ3v) is 5.40. The van der Waals surface area contributed by atoms with Crippen LogP contribution in [0.25, 0.3) is 22.3 Å². The molecule has 5 aromatic rings. The number of hydrogen-bond donors (Lipinski definition) is 1. The second-order valence-corrected chi connectivity index (χ2v) is 7.80. The summed E-state index contributed by atoms with van der Waals surface area (Å²) in [6, 6.07) is 13.6. The van der Waals surface area contributed by atoms with Crippen molar-refractivity contribution in [3.05, 3.63) is 102 Å². The summed E-state index contributed by atoms with van der Waals surface area (Å²) in [5.74, 6) is 0.205. The molecule has 1 amide bonds. The number of fused-ring (bicyclic) bond motifs is 1. The number of hydrogen-bond acceptors (Lipinski definition) is 5. The van der Waals surface area contributed by atoms with Crippen LogP contribution < -0.4 is 5.32 Å². The Morgan fingerprint density at radius 1 is 1.06 bits per heavy atom. The number of nitrogens with zero attached hydrogens (tertiary/aromatic N) is 4. The Balaban J connectivity index is 1.49. The summed E-state index contributed by atoms with van der Waals surface area (Å²) in [5.41, 5.74) is 1.54. The largest absolute Gasteiger partial charge is 0.467 e. The maximum absolute atomic E-state index is 13.2. The Bertz CT molecular complexity index is 1480. The molecule has 10 heteroatoms. The highest BCUT2D eigenvalue weighted by atomic mass is 19.4. The summed E-state index contributed by atoms with van der Waals surface area (Å²) in [6.45, 7) is 0.237. The van der Waals surface area contributed by atoms with Crippen molar-refractivity contribution in [1.82, 2.24) is 25.1 Å². The van der Waals surface area contributed by atoms with Crippen molar-refractivity contribution in [2.24, 2.45) is 0 Å².